The monoisotopic (exact) mass is 237 g/mol. The molecule has 2 aliphatic carbocycles. The van der Waals surface area contributed by atoms with Crippen LogP contribution in [0, 0.1) is 29.6 Å². The molecular weight excluding hydrogens is 218 g/mol. The Labute approximate surface area is 101 Å². The standard InChI is InChI=1S/C13H19NO3/c1-7-5-14(6-10(7)13(16)17)12(15)11-8-3-2-4-9(8)11/h7-11H,2-6H2,1H3,(H,16,17). The van der Waals surface area contributed by atoms with Gasteiger partial charge in [-0.1, -0.05) is 13.3 Å². The van der Waals surface area contributed by atoms with Gasteiger partial charge in [0.1, 0.15) is 0 Å². The minimum absolute atomic E-state index is 0.0926. The molecule has 3 fully saturated rings. The lowest BCUT2D eigenvalue weighted by Gasteiger charge is -2.17. The van der Waals surface area contributed by atoms with E-state index in [1.165, 1.54) is 19.3 Å². The van der Waals surface area contributed by atoms with Crippen LogP contribution in [0.2, 0.25) is 0 Å². The minimum Gasteiger partial charge on any atom is -0.481 e. The first kappa shape index (κ1) is 11.1. The van der Waals surface area contributed by atoms with Crippen LogP contribution in [0.4, 0.5) is 0 Å². The normalized spacial score (nSPS) is 43.6. The Morgan fingerprint density at radius 1 is 1.18 bits per heavy atom. The van der Waals surface area contributed by atoms with Crippen LogP contribution in [0.1, 0.15) is 26.2 Å². The van der Waals surface area contributed by atoms with Crippen LogP contribution in [0.15, 0.2) is 0 Å². The van der Waals surface area contributed by atoms with Gasteiger partial charge in [0, 0.05) is 19.0 Å². The van der Waals surface area contributed by atoms with E-state index in [1.807, 2.05) is 6.92 Å². The van der Waals surface area contributed by atoms with Crippen molar-refractivity contribution in [2.45, 2.75) is 26.2 Å². The number of carbonyl (C=O) groups excluding carboxylic acids is 1. The summed E-state index contributed by atoms with van der Waals surface area (Å²) in [5.74, 6) is 0.693. The summed E-state index contributed by atoms with van der Waals surface area (Å²) in [6.45, 7) is 2.98. The van der Waals surface area contributed by atoms with Gasteiger partial charge in [0.15, 0.2) is 0 Å². The van der Waals surface area contributed by atoms with Gasteiger partial charge in [-0.15, -0.1) is 0 Å². The van der Waals surface area contributed by atoms with E-state index < -0.39 is 5.97 Å². The molecule has 94 valence electrons. The van der Waals surface area contributed by atoms with Crippen LogP contribution in [0.5, 0.6) is 0 Å². The first-order valence-electron chi connectivity index (χ1n) is 6.61. The van der Waals surface area contributed by atoms with Crippen molar-refractivity contribution in [3.05, 3.63) is 0 Å². The number of likely N-dealkylation sites (tertiary alicyclic amines) is 1. The Bertz CT molecular complexity index is 358. The van der Waals surface area contributed by atoms with Crippen molar-refractivity contribution in [2.24, 2.45) is 29.6 Å². The fraction of sp³-hybridized carbons (Fsp3) is 0.846. The highest BCUT2D eigenvalue weighted by atomic mass is 16.4. The summed E-state index contributed by atoms with van der Waals surface area (Å²) in [6, 6.07) is 0. The van der Waals surface area contributed by atoms with Crippen molar-refractivity contribution in [3.63, 3.8) is 0 Å². The van der Waals surface area contributed by atoms with Crippen molar-refractivity contribution in [1.82, 2.24) is 4.90 Å². The Balaban J connectivity index is 1.63. The van der Waals surface area contributed by atoms with Crippen molar-refractivity contribution >= 4 is 11.9 Å². The first-order valence-corrected chi connectivity index (χ1v) is 6.61. The Morgan fingerprint density at radius 2 is 1.82 bits per heavy atom. The fourth-order valence-electron chi connectivity index (χ4n) is 3.87. The van der Waals surface area contributed by atoms with Gasteiger partial charge >= 0.3 is 5.97 Å². The molecule has 0 aromatic carbocycles. The summed E-state index contributed by atoms with van der Waals surface area (Å²) in [7, 11) is 0. The molecular formula is C13H19NO3. The van der Waals surface area contributed by atoms with Crippen LogP contribution >= 0.6 is 0 Å². The van der Waals surface area contributed by atoms with E-state index in [-0.39, 0.29) is 23.7 Å². The zero-order chi connectivity index (χ0) is 12.2. The van der Waals surface area contributed by atoms with Crippen molar-refractivity contribution < 1.29 is 14.7 Å². The fourth-order valence-corrected chi connectivity index (χ4v) is 3.87. The second-order valence-electron chi connectivity index (χ2n) is 5.95. The van der Waals surface area contributed by atoms with Gasteiger partial charge in [0.05, 0.1) is 5.92 Å². The van der Waals surface area contributed by atoms with Gasteiger partial charge in [-0.3, -0.25) is 9.59 Å². The van der Waals surface area contributed by atoms with Gasteiger partial charge < -0.3 is 10.0 Å². The number of nitrogens with zero attached hydrogens (tertiary/aromatic N) is 1. The maximum atomic E-state index is 12.3. The van der Waals surface area contributed by atoms with E-state index in [4.69, 9.17) is 5.11 Å². The van der Waals surface area contributed by atoms with Gasteiger partial charge in [0.2, 0.25) is 5.91 Å². The third kappa shape index (κ3) is 1.65. The summed E-state index contributed by atoms with van der Waals surface area (Å²) in [4.78, 5) is 25.1. The van der Waals surface area contributed by atoms with E-state index >= 15 is 0 Å². The number of hydrogen-bond acceptors (Lipinski definition) is 2. The number of carboxylic acids is 1. The minimum atomic E-state index is -0.760. The zero-order valence-electron chi connectivity index (χ0n) is 10.1. The first-order chi connectivity index (χ1) is 8.09. The van der Waals surface area contributed by atoms with Gasteiger partial charge in [-0.25, -0.2) is 0 Å². The second kappa shape index (κ2) is 3.72. The SMILES string of the molecule is CC1CN(C(=O)C2C3CCCC32)CC1C(=O)O. The van der Waals surface area contributed by atoms with Crippen LogP contribution in [-0.4, -0.2) is 35.0 Å². The third-order valence-corrected chi connectivity index (χ3v) is 4.93. The highest BCUT2D eigenvalue weighted by molar-refractivity contribution is 5.84. The molecule has 17 heavy (non-hydrogen) atoms. The largest absolute Gasteiger partial charge is 0.481 e. The van der Waals surface area contributed by atoms with Crippen LogP contribution in [0.25, 0.3) is 0 Å². The Kier molecular flexibility index (Phi) is 2.42. The molecule has 1 saturated heterocycles. The number of rotatable bonds is 2. The molecule has 3 aliphatic rings. The molecule has 4 atom stereocenters. The molecule has 4 nitrogen and oxygen atoms in total. The lowest BCUT2D eigenvalue weighted by Crippen LogP contribution is -2.32. The molecule has 0 aromatic heterocycles. The molecule has 4 unspecified atom stereocenters. The molecule has 4 heteroatoms. The Hall–Kier alpha value is -1.06. The summed E-state index contributed by atoms with van der Waals surface area (Å²) in [5.41, 5.74) is 0. The summed E-state index contributed by atoms with van der Waals surface area (Å²) >= 11 is 0. The predicted molar refractivity (Wildman–Crippen MR) is 61.2 cm³/mol. The second-order valence-corrected chi connectivity index (χ2v) is 5.95. The number of carboxylic acid groups (broad SMARTS) is 1. The van der Waals surface area contributed by atoms with Gasteiger partial charge in [0.25, 0.3) is 0 Å². The molecule has 2 saturated carbocycles. The summed E-state index contributed by atoms with van der Waals surface area (Å²) < 4.78 is 0. The van der Waals surface area contributed by atoms with E-state index in [2.05, 4.69) is 0 Å². The molecule has 0 bridgehead atoms. The van der Waals surface area contributed by atoms with Crippen LogP contribution in [-0.2, 0) is 9.59 Å². The van der Waals surface area contributed by atoms with Crippen LogP contribution < -0.4 is 0 Å². The lowest BCUT2D eigenvalue weighted by atomic mass is 9.99. The maximum absolute atomic E-state index is 12.3. The zero-order valence-corrected chi connectivity index (χ0v) is 10.1. The summed E-state index contributed by atoms with van der Waals surface area (Å²) in [5, 5.41) is 9.06. The van der Waals surface area contributed by atoms with E-state index in [0.717, 1.165) is 0 Å². The highest BCUT2D eigenvalue weighted by Crippen LogP contribution is 2.58. The van der Waals surface area contributed by atoms with Crippen molar-refractivity contribution in [3.8, 4) is 0 Å². The Morgan fingerprint density at radius 3 is 2.35 bits per heavy atom. The average Bonchev–Trinajstić information content (AvgIpc) is 2.67. The third-order valence-electron chi connectivity index (χ3n) is 4.93. The predicted octanol–water partition coefficient (Wildman–Crippen LogP) is 1.21. The lowest BCUT2D eigenvalue weighted by molar-refractivity contribution is -0.142. The van der Waals surface area contributed by atoms with Gasteiger partial charge in [-0.05, 0) is 30.6 Å². The molecule has 0 radical (unpaired) electrons. The van der Waals surface area contributed by atoms with Crippen LogP contribution in [0.3, 0.4) is 0 Å². The number of hydrogen-bond donors (Lipinski definition) is 1. The number of aliphatic carboxylic acids is 1. The average molecular weight is 237 g/mol. The number of carbonyl (C=O) groups is 2. The van der Waals surface area contributed by atoms with E-state index in [9.17, 15) is 9.59 Å². The topological polar surface area (TPSA) is 57.6 Å². The molecule has 1 N–H and O–H groups in total. The van der Waals surface area contributed by atoms with Crippen molar-refractivity contribution in [1.29, 1.82) is 0 Å². The van der Waals surface area contributed by atoms with E-state index in [1.54, 1.807) is 4.90 Å². The number of amides is 1. The smallest absolute Gasteiger partial charge is 0.308 e. The van der Waals surface area contributed by atoms with Crippen molar-refractivity contribution in [2.75, 3.05) is 13.1 Å². The quantitative estimate of drug-likeness (QED) is 0.785. The molecule has 1 aliphatic heterocycles. The molecule has 0 aromatic rings. The molecule has 1 amide bonds. The number of fused-ring (bicyclic) bond motifs is 1. The molecule has 0 spiro atoms. The molecule has 1 heterocycles. The van der Waals surface area contributed by atoms with Gasteiger partial charge in [-0.2, -0.15) is 0 Å². The summed E-state index contributed by atoms with van der Waals surface area (Å²) in [6.07, 6.45) is 3.67. The highest BCUT2D eigenvalue weighted by Gasteiger charge is 2.58. The maximum Gasteiger partial charge on any atom is 0.308 e. The molecule has 3 rings (SSSR count). The van der Waals surface area contributed by atoms with E-state index in [0.29, 0.717) is 24.9 Å².